The van der Waals surface area contributed by atoms with Gasteiger partial charge in [-0.05, 0) is 50.2 Å². The van der Waals surface area contributed by atoms with Gasteiger partial charge in [0.25, 0.3) is 0 Å². The topological polar surface area (TPSA) is 75.6 Å². The van der Waals surface area contributed by atoms with Gasteiger partial charge in [-0.25, -0.2) is 4.79 Å². The quantitative estimate of drug-likeness (QED) is 0.895. The molecule has 1 aliphatic carbocycles. The van der Waals surface area contributed by atoms with Gasteiger partial charge in [-0.15, -0.1) is 0 Å². The lowest BCUT2D eigenvalue weighted by atomic mass is 9.77. The van der Waals surface area contributed by atoms with Gasteiger partial charge in [-0.1, -0.05) is 24.3 Å². The number of carboxylic acids is 1. The summed E-state index contributed by atoms with van der Waals surface area (Å²) in [6, 6.07) is 8.17. The summed E-state index contributed by atoms with van der Waals surface area (Å²) in [6.45, 7) is 2.03. The van der Waals surface area contributed by atoms with Gasteiger partial charge in [0.05, 0.1) is 5.54 Å². The Morgan fingerprint density at radius 1 is 1.27 bits per heavy atom. The molecule has 2 aliphatic rings. The van der Waals surface area contributed by atoms with Gasteiger partial charge in [-0.2, -0.15) is 0 Å². The molecule has 1 aromatic rings. The molecular formula is C17H21NO4. The van der Waals surface area contributed by atoms with Crippen LogP contribution in [0, 0.1) is 0 Å². The lowest BCUT2D eigenvalue weighted by Crippen LogP contribution is -2.49. The van der Waals surface area contributed by atoms with Crippen molar-refractivity contribution in [1.29, 1.82) is 0 Å². The number of amides is 1. The number of ether oxygens (including phenoxy) is 1. The van der Waals surface area contributed by atoms with Crippen LogP contribution in [0.5, 0.6) is 0 Å². The molecular weight excluding hydrogens is 282 g/mol. The highest BCUT2D eigenvalue weighted by Crippen LogP contribution is 2.35. The van der Waals surface area contributed by atoms with Crippen LogP contribution in [0.4, 0.5) is 0 Å². The molecule has 1 aromatic carbocycles. The van der Waals surface area contributed by atoms with E-state index >= 15 is 0 Å². The molecule has 1 aliphatic heterocycles. The minimum atomic E-state index is -0.996. The molecule has 1 fully saturated rings. The van der Waals surface area contributed by atoms with Crippen molar-refractivity contribution in [3.63, 3.8) is 0 Å². The van der Waals surface area contributed by atoms with Crippen LogP contribution < -0.4 is 5.32 Å². The summed E-state index contributed by atoms with van der Waals surface area (Å²) in [7, 11) is 0. The first kappa shape index (κ1) is 15.0. The molecule has 118 valence electrons. The molecule has 22 heavy (non-hydrogen) atoms. The molecule has 5 heteroatoms. The number of rotatable bonds is 3. The monoisotopic (exact) mass is 303 g/mol. The molecule has 1 amide bonds. The number of benzene rings is 1. The van der Waals surface area contributed by atoms with E-state index in [-0.39, 0.29) is 5.91 Å². The Bertz CT molecular complexity index is 600. The molecule has 0 radical (unpaired) electrons. The number of carboxylic acid groups (broad SMARTS) is 1. The molecule has 5 nitrogen and oxygen atoms in total. The van der Waals surface area contributed by atoms with Gasteiger partial charge >= 0.3 is 5.97 Å². The van der Waals surface area contributed by atoms with Crippen LogP contribution in [-0.2, 0) is 26.3 Å². The fourth-order valence-corrected chi connectivity index (χ4v) is 3.54. The van der Waals surface area contributed by atoms with E-state index < -0.39 is 23.7 Å². The molecule has 3 rings (SSSR count). The standard InChI is InChI=1S/C17H21NO4/c1-17(10-4-6-11-5-2-3-7-12(11)17)18-15(19)13-8-9-14(22-13)16(20)21/h2-3,5,7,13-14H,4,6,8-10H2,1H3,(H,18,19)(H,20,21)/t13-,14+,17?/m0/s1. The van der Waals surface area contributed by atoms with Crippen molar-refractivity contribution in [3.05, 3.63) is 35.4 Å². The van der Waals surface area contributed by atoms with E-state index in [2.05, 4.69) is 17.4 Å². The van der Waals surface area contributed by atoms with Gasteiger partial charge in [0.15, 0.2) is 6.10 Å². The van der Waals surface area contributed by atoms with Crippen LogP contribution in [0.3, 0.4) is 0 Å². The number of aliphatic carboxylic acids is 1. The second kappa shape index (κ2) is 5.72. The van der Waals surface area contributed by atoms with E-state index in [0.29, 0.717) is 12.8 Å². The highest BCUT2D eigenvalue weighted by molar-refractivity contribution is 5.83. The molecule has 0 spiro atoms. The zero-order valence-corrected chi connectivity index (χ0v) is 12.7. The van der Waals surface area contributed by atoms with Crippen LogP contribution in [0.2, 0.25) is 0 Å². The van der Waals surface area contributed by atoms with E-state index in [1.165, 1.54) is 5.56 Å². The van der Waals surface area contributed by atoms with E-state index in [9.17, 15) is 9.59 Å². The van der Waals surface area contributed by atoms with Crippen LogP contribution in [-0.4, -0.2) is 29.2 Å². The van der Waals surface area contributed by atoms with Gasteiger partial charge in [0.1, 0.15) is 6.10 Å². The molecule has 1 heterocycles. The number of hydrogen-bond donors (Lipinski definition) is 2. The van der Waals surface area contributed by atoms with Crippen molar-refractivity contribution in [1.82, 2.24) is 5.32 Å². The van der Waals surface area contributed by atoms with Crippen LogP contribution >= 0.6 is 0 Å². The summed E-state index contributed by atoms with van der Waals surface area (Å²) in [5.74, 6) is -1.20. The summed E-state index contributed by atoms with van der Waals surface area (Å²) in [5, 5.41) is 12.1. The molecule has 2 N–H and O–H groups in total. The second-order valence-corrected chi connectivity index (χ2v) is 6.36. The third-order valence-electron chi connectivity index (χ3n) is 4.72. The fraction of sp³-hybridized carbons (Fsp3) is 0.529. The third-order valence-corrected chi connectivity index (χ3v) is 4.72. The molecule has 0 aromatic heterocycles. The minimum absolute atomic E-state index is 0.206. The summed E-state index contributed by atoms with van der Waals surface area (Å²) < 4.78 is 5.35. The van der Waals surface area contributed by atoms with Gasteiger partial charge in [-0.3, -0.25) is 4.79 Å². The Balaban J connectivity index is 1.73. The summed E-state index contributed by atoms with van der Waals surface area (Å²) in [4.78, 5) is 23.4. The first-order chi connectivity index (χ1) is 10.5. The Morgan fingerprint density at radius 2 is 2.00 bits per heavy atom. The third kappa shape index (κ3) is 2.73. The number of fused-ring (bicyclic) bond motifs is 1. The molecule has 0 bridgehead atoms. The Labute approximate surface area is 129 Å². The van der Waals surface area contributed by atoms with Crippen LogP contribution in [0.1, 0.15) is 43.7 Å². The average molecular weight is 303 g/mol. The highest BCUT2D eigenvalue weighted by atomic mass is 16.5. The minimum Gasteiger partial charge on any atom is -0.479 e. The zero-order valence-electron chi connectivity index (χ0n) is 12.7. The fourth-order valence-electron chi connectivity index (χ4n) is 3.54. The number of carbonyl (C=O) groups is 2. The molecule has 3 atom stereocenters. The first-order valence-electron chi connectivity index (χ1n) is 7.78. The summed E-state index contributed by atoms with van der Waals surface area (Å²) in [6.07, 6.45) is 2.26. The number of carbonyl (C=O) groups excluding carboxylic acids is 1. The van der Waals surface area contributed by atoms with E-state index in [1.54, 1.807) is 0 Å². The van der Waals surface area contributed by atoms with Crippen molar-refractivity contribution in [3.8, 4) is 0 Å². The molecule has 1 unspecified atom stereocenters. The van der Waals surface area contributed by atoms with Gasteiger partial charge in [0, 0.05) is 0 Å². The second-order valence-electron chi connectivity index (χ2n) is 6.36. The van der Waals surface area contributed by atoms with Crippen molar-refractivity contribution >= 4 is 11.9 Å². The maximum atomic E-state index is 12.5. The highest BCUT2D eigenvalue weighted by Gasteiger charge is 2.39. The SMILES string of the molecule is CC1(NC(=O)[C@@H]2CC[C@H](C(=O)O)O2)CCCc2ccccc21. The van der Waals surface area contributed by atoms with Gasteiger partial charge < -0.3 is 15.2 Å². The predicted octanol–water partition coefficient (Wildman–Crippen LogP) is 1.99. The normalized spacial score (nSPS) is 30.6. The maximum Gasteiger partial charge on any atom is 0.332 e. The average Bonchev–Trinajstić information content (AvgIpc) is 2.98. The lowest BCUT2D eigenvalue weighted by Gasteiger charge is -2.37. The van der Waals surface area contributed by atoms with E-state index in [4.69, 9.17) is 9.84 Å². The molecule has 1 saturated heterocycles. The van der Waals surface area contributed by atoms with Crippen molar-refractivity contribution < 1.29 is 19.4 Å². The number of aryl methyl sites for hydroxylation is 1. The van der Waals surface area contributed by atoms with E-state index in [0.717, 1.165) is 24.8 Å². The Hall–Kier alpha value is -1.88. The smallest absolute Gasteiger partial charge is 0.332 e. The van der Waals surface area contributed by atoms with Crippen molar-refractivity contribution in [2.45, 2.75) is 56.8 Å². The number of hydrogen-bond acceptors (Lipinski definition) is 3. The largest absolute Gasteiger partial charge is 0.479 e. The lowest BCUT2D eigenvalue weighted by molar-refractivity contribution is -0.152. The van der Waals surface area contributed by atoms with Gasteiger partial charge in [0.2, 0.25) is 5.91 Å². The van der Waals surface area contributed by atoms with Crippen molar-refractivity contribution in [2.75, 3.05) is 0 Å². The molecule has 0 saturated carbocycles. The van der Waals surface area contributed by atoms with E-state index in [1.807, 2.05) is 19.1 Å². The Kier molecular flexibility index (Phi) is 3.91. The van der Waals surface area contributed by atoms with Crippen LogP contribution in [0.25, 0.3) is 0 Å². The summed E-state index contributed by atoms with van der Waals surface area (Å²) in [5.41, 5.74) is 2.02. The summed E-state index contributed by atoms with van der Waals surface area (Å²) >= 11 is 0. The first-order valence-corrected chi connectivity index (χ1v) is 7.78. The zero-order chi connectivity index (χ0) is 15.7. The number of nitrogens with one attached hydrogen (secondary N) is 1. The van der Waals surface area contributed by atoms with Crippen LogP contribution in [0.15, 0.2) is 24.3 Å². The Morgan fingerprint density at radius 3 is 2.73 bits per heavy atom. The predicted molar refractivity (Wildman–Crippen MR) is 80.4 cm³/mol. The maximum absolute atomic E-state index is 12.5. The van der Waals surface area contributed by atoms with Crippen molar-refractivity contribution in [2.24, 2.45) is 0 Å².